The molecule has 4 bridgehead atoms. The molecule has 0 radical (unpaired) electrons. The minimum absolute atomic E-state index is 0.160. The van der Waals surface area contributed by atoms with Gasteiger partial charge in [-0.2, -0.15) is 5.26 Å². The molecule has 1 atom stereocenters. The summed E-state index contributed by atoms with van der Waals surface area (Å²) < 4.78 is 0. The lowest BCUT2D eigenvalue weighted by Gasteiger charge is -2.56. The summed E-state index contributed by atoms with van der Waals surface area (Å²) >= 11 is 5.99. The molecule has 4 saturated carbocycles. The molecule has 1 heterocycles. The van der Waals surface area contributed by atoms with Gasteiger partial charge in [-0.05, 0) is 87.3 Å². The average molecular weight is 412 g/mol. The highest BCUT2D eigenvalue weighted by Crippen LogP contribution is 2.60. The number of nitriles is 1. The van der Waals surface area contributed by atoms with Crippen molar-refractivity contribution in [2.75, 3.05) is 11.9 Å². The van der Waals surface area contributed by atoms with Gasteiger partial charge in [-0.3, -0.25) is 9.59 Å². The van der Waals surface area contributed by atoms with Gasteiger partial charge in [0.1, 0.15) is 12.1 Å². The highest BCUT2D eigenvalue weighted by molar-refractivity contribution is 6.31. The first-order valence-corrected chi connectivity index (χ1v) is 11.2. The third-order valence-electron chi connectivity index (χ3n) is 7.66. The Morgan fingerprint density at radius 2 is 1.79 bits per heavy atom. The highest BCUT2D eigenvalue weighted by atomic mass is 35.5. The van der Waals surface area contributed by atoms with Crippen molar-refractivity contribution < 1.29 is 9.59 Å². The molecule has 5 aliphatic rings. The van der Waals surface area contributed by atoms with Gasteiger partial charge in [-0.1, -0.05) is 11.6 Å². The first-order chi connectivity index (χ1) is 14.0. The lowest BCUT2D eigenvalue weighted by molar-refractivity contribution is -0.160. The fraction of sp³-hybridized carbons (Fsp3) is 0.609. The molecule has 1 aromatic rings. The number of benzene rings is 1. The van der Waals surface area contributed by atoms with Crippen LogP contribution in [0.3, 0.4) is 0 Å². The van der Waals surface area contributed by atoms with Crippen molar-refractivity contribution >= 4 is 29.1 Å². The van der Waals surface area contributed by atoms with Crippen LogP contribution in [-0.2, 0) is 9.59 Å². The SMILES string of the molecule is N#Cc1cc(NC(=O)C2CCCN2C(=O)C23CC4CC(CC(C4)C2)C3)ccc1Cl. The maximum Gasteiger partial charge on any atom is 0.247 e. The first-order valence-electron chi connectivity index (χ1n) is 10.8. The van der Waals surface area contributed by atoms with E-state index in [4.69, 9.17) is 16.9 Å². The topological polar surface area (TPSA) is 73.2 Å². The highest BCUT2D eigenvalue weighted by Gasteiger charge is 2.56. The molecule has 2 amide bonds. The van der Waals surface area contributed by atoms with Crippen molar-refractivity contribution in [1.82, 2.24) is 4.90 Å². The Bertz CT molecular complexity index is 871. The van der Waals surface area contributed by atoms with Crippen LogP contribution in [0, 0.1) is 34.5 Å². The second-order valence-corrected chi connectivity index (χ2v) is 10.1. The molecule has 5 fully saturated rings. The number of hydrogen-bond donors (Lipinski definition) is 1. The van der Waals surface area contributed by atoms with E-state index in [9.17, 15) is 9.59 Å². The third-order valence-corrected chi connectivity index (χ3v) is 7.99. The van der Waals surface area contributed by atoms with Crippen molar-refractivity contribution in [3.05, 3.63) is 28.8 Å². The Morgan fingerprint density at radius 3 is 2.41 bits per heavy atom. The van der Waals surface area contributed by atoms with E-state index >= 15 is 0 Å². The summed E-state index contributed by atoms with van der Waals surface area (Å²) in [6, 6.07) is 6.51. The zero-order valence-electron chi connectivity index (χ0n) is 16.5. The molecule has 0 spiro atoms. The summed E-state index contributed by atoms with van der Waals surface area (Å²) in [5, 5.41) is 12.4. The zero-order valence-corrected chi connectivity index (χ0v) is 17.3. The Kier molecular flexibility index (Phi) is 4.58. The number of nitrogens with one attached hydrogen (secondary N) is 1. The molecule has 4 aliphatic carbocycles. The molecule has 29 heavy (non-hydrogen) atoms. The van der Waals surface area contributed by atoms with Crippen LogP contribution in [0.2, 0.25) is 5.02 Å². The van der Waals surface area contributed by atoms with Gasteiger partial charge < -0.3 is 10.2 Å². The minimum atomic E-state index is -0.420. The molecule has 6 heteroatoms. The number of carbonyl (C=O) groups excluding carboxylic acids is 2. The third kappa shape index (κ3) is 3.22. The fourth-order valence-corrected chi connectivity index (χ4v) is 7.03. The van der Waals surface area contributed by atoms with Crippen molar-refractivity contribution in [3.63, 3.8) is 0 Å². The second kappa shape index (κ2) is 7.02. The summed E-state index contributed by atoms with van der Waals surface area (Å²) in [6.45, 7) is 0.669. The summed E-state index contributed by atoms with van der Waals surface area (Å²) in [5.74, 6) is 2.19. The summed E-state index contributed by atoms with van der Waals surface area (Å²) in [7, 11) is 0. The van der Waals surface area contributed by atoms with Crippen molar-refractivity contribution in [2.45, 2.75) is 57.4 Å². The summed E-state index contributed by atoms with van der Waals surface area (Å²) in [5.41, 5.74) is 0.661. The van der Waals surface area contributed by atoms with Gasteiger partial charge in [0.2, 0.25) is 11.8 Å². The normalized spacial score (nSPS) is 34.8. The monoisotopic (exact) mass is 411 g/mol. The Hall–Kier alpha value is -2.06. The van der Waals surface area contributed by atoms with Crippen LogP contribution in [-0.4, -0.2) is 29.3 Å². The molecule has 1 saturated heterocycles. The van der Waals surface area contributed by atoms with E-state index in [1.807, 2.05) is 11.0 Å². The zero-order chi connectivity index (χ0) is 20.2. The lowest BCUT2D eigenvalue weighted by Crippen LogP contribution is -2.56. The maximum absolute atomic E-state index is 13.7. The molecule has 6 rings (SSSR count). The maximum atomic E-state index is 13.7. The first kappa shape index (κ1) is 18.9. The van der Waals surface area contributed by atoms with E-state index in [1.165, 1.54) is 19.3 Å². The molecule has 5 nitrogen and oxygen atoms in total. The average Bonchev–Trinajstić information content (AvgIpc) is 3.17. The van der Waals surface area contributed by atoms with Gasteiger partial charge in [0.15, 0.2) is 0 Å². The molecule has 1 aliphatic heterocycles. The smallest absolute Gasteiger partial charge is 0.247 e. The van der Waals surface area contributed by atoms with E-state index < -0.39 is 6.04 Å². The minimum Gasteiger partial charge on any atom is -0.330 e. The van der Waals surface area contributed by atoms with Crippen LogP contribution < -0.4 is 5.32 Å². The Morgan fingerprint density at radius 1 is 1.14 bits per heavy atom. The molecule has 0 aromatic heterocycles. The number of likely N-dealkylation sites (tertiary alicyclic amines) is 1. The van der Waals surface area contributed by atoms with Crippen LogP contribution in [0.4, 0.5) is 5.69 Å². The lowest BCUT2D eigenvalue weighted by atomic mass is 9.49. The van der Waals surface area contributed by atoms with Crippen LogP contribution in [0.15, 0.2) is 18.2 Å². The predicted octanol–water partition coefficient (Wildman–Crippen LogP) is 4.36. The predicted molar refractivity (Wildman–Crippen MR) is 110 cm³/mol. The van der Waals surface area contributed by atoms with Gasteiger partial charge in [-0.15, -0.1) is 0 Å². The second-order valence-electron chi connectivity index (χ2n) is 9.65. The van der Waals surface area contributed by atoms with E-state index in [1.54, 1.807) is 18.2 Å². The van der Waals surface area contributed by atoms with E-state index in [2.05, 4.69) is 5.32 Å². The molecular weight excluding hydrogens is 386 g/mol. The summed E-state index contributed by atoms with van der Waals surface area (Å²) in [4.78, 5) is 28.6. The number of nitrogens with zero attached hydrogens (tertiary/aromatic N) is 2. The van der Waals surface area contributed by atoms with Crippen LogP contribution >= 0.6 is 11.6 Å². The van der Waals surface area contributed by atoms with Gasteiger partial charge in [0.05, 0.1) is 16.0 Å². The van der Waals surface area contributed by atoms with Gasteiger partial charge in [0, 0.05) is 12.2 Å². The molecular formula is C23H26ClN3O2. The largest absolute Gasteiger partial charge is 0.330 e. The molecule has 1 N–H and O–H groups in total. The van der Waals surface area contributed by atoms with Crippen molar-refractivity contribution in [3.8, 4) is 6.07 Å². The number of hydrogen-bond acceptors (Lipinski definition) is 3. The standard InChI is InChI=1S/C23H26ClN3O2/c24-19-4-3-18(9-17(19)13-25)26-21(28)20-2-1-5-27(20)22(29)23-10-14-6-15(11-23)8-16(7-14)12-23/h3-4,9,14-16,20H,1-2,5-8,10-12H2,(H,26,28). The van der Waals surface area contributed by atoms with Crippen LogP contribution in [0.1, 0.15) is 56.9 Å². The Balaban J connectivity index is 1.33. The number of carbonyl (C=O) groups is 2. The van der Waals surface area contributed by atoms with Gasteiger partial charge >= 0.3 is 0 Å². The quantitative estimate of drug-likeness (QED) is 0.803. The van der Waals surface area contributed by atoms with Crippen LogP contribution in [0.25, 0.3) is 0 Å². The van der Waals surface area contributed by atoms with Crippen molar-refractivity contribution in [1.29, 1.82) is 5.26 Å². The molecule has 1 aromatic carbocycles. The Labute approximate surface area is 176 Å². The van der Waals surface area contributed by atoms with E-state index in [0.717, 1.165) is 25.7 Å². The van der Waals surface area contributed by atoms with Crippen molar-refractivity contribution in [2.24, 2.45) is 23.2 Å². The molecule has 152 valence electrons. The van der Waals surface area contributed by atoms with Gasteiger partial charge in [-0.25, -0.2) is 0 Å². The number of amides is 2. The van der Waals surface area contributed by atoms with Gasteiger partial charge in [0.25, 0.3) is 0 Å². The summed E-state index contributed by atoms with van der Waals surface area (Å²) in [6.07, 6.45) is 8.52. The number of anilines is 1. The number of rotatable bonds is 3. The number of halogens is 1. The van der Waals surface area contributed by atoms with E-state index in [-0.39, 0.29) is 17.2 Å². The molecule has 1 unspecified atom stereocenters. The fourth-order valence-electron chi connectivity index (χ4n) is 6.87. The van der Waals surface area contributed by atoms with E-state index in [0.29, 0.717) is 47.0 Å². The van der Waals surface area contributed by atoms with Crippen LogP contribution in [0.5, 0.6) is 0 Å².